The quantitative estimate of drug-likeness (QED) is 0.545. The Kier molecular flexibility index (Phi) is 2.80. The summed E-state index contributed by atoms with van der Waals surface area (Å²) in [7, 11) is 1.60. The van der Waals surface area contributed by atoms with Crippen molar-refractivity contribution in [2.24, 2.45) is 5.41 Å². The van der Waals surface area contributed by atoms with Crippen LogP contribution < -0.4 is 0 Å². The summed E-state index contributed by atoms with van der Waals surface area (Å²) in [4.78, 5) is 12.2. The normalized spacial score (nSPS) is 37.1. The lowest BCUT2D eigenvalue weighted by molar-refractivity contribution is -0.236. The van der Waals surface area contributed by atoms with Crippen molar-refractivity contribution in [3.05, 3.63) is 12.3 Å². The van der Waals surface area contributed by atoms with Crippen LogP contribution in [0.2, 0.25) is 0 Å². The molecular weight excluding hydrogens is 208 g/mol. The van der Waals surface area contributed by atoms with Crippen LogP contribution in [0.4, 0.5) is 0 Å². The molecule has 0 bridgehead atoms. The van der Waals surface area contributed by atoms with Gasteiger partial charge in [0.25, 0.3) is 0 Å². The lowest BCUT2D eigenvalue weighted by Crippen LogP contribution is -2.48. The van der Waals surface area contributed by atoms with Gasteiger partial charge in [0.05, 0.1) is 12.4 Å². The molecular formula is C12H18O4. The SMILES string of the molecule is C=C(C)OC(=O)C12CCCC1(OC)OCC2. The Hall–Kier alpha value is -0.870. The fourth-order valence-electron chi connectivity index (χ4n) is 2.94. The molecule has 0 amide bonds. The van der Waals surface area contributed by atoms with Gasteiger partial charge in [-0.1, -0.05) is 6.58 Å². The van der Waals surface area contributed by atoms with E-state index in [1.54, 1.807) is 14.0 Å². The van der Waals surface area contributed by atoms with E-state index in [0.29, 0.717) is 18.8 Å². The van der Waals surface area contributed by atoms with E-state index in [-0.39, 0.29) is 5.97 Å². The molecule has 16 heavy (non-hydrogen) atoms. The van der Waals surface area contributed by atoms with Gasteiger partial charge in [-0.05, 0) is 26.2 Å². The van der Waals surface area contributed by atoms with Gasteiger partial charge in [-0.25, -0.2) is 0 Å². The van der Waals surface area contributed by atoms with E-state index in [0.717, 1.165) is 19.3 Å². The molecule has 2 aliphatic rings. The van der Waals surface area contributed by atoms with E-state index >= 15 is 0 Å². The third-order valence-corrected chi connectivity index (χ3v) is 3.69. The molecule has 1 saturated heterocycles. The van der Waals surface area contributed by atoms with Gasteiger partial charge in [0.15, 0.2) is 5.79 Å². The van der Waals surface area contributed by atoms with E-state index < -0.39 is 11.2 Å². The summed E-state index contributed by atoms with van der Waals surface area (Å²) in [5.41, 5.74) is -0.624. The summed E-state index contributed by atoms with van der Waals surface area (Å²) in [6.45, 7) is 5.83. The standard InChI is InChI=1S/C12H18O4/c1-9(2)16-10(13)11-5-4-6-12(11,14-3)15-8-7-11/h1,4-8H2,2-3H3. The highest BCUT2D eigenvalue weighted by atomic mass is 16.7. The first-order valence-electron chi connectivity index (χ1n) is 5.63. The Labute approximate surface area is 95.6 Å². The van der Waals surface area contributed by atoms with Gasteiger partial charge in [-0.2, -0.15) is 0 Å². The number of carbonyl (C=O) groups is 1. The van der Waals surface area contributed by atoms with Gasteiger partial charge in [0.2, 0.25) is 0 Å². The zero-order chi connectivity index (χ0) is 11.8. The number of hydrogen-bond acceptors (Lipinski definition) is 4. The first-order valence-corrected chi connectivity index (χ1v) is 5.63. The van der Waals surface area contributed by atoms with Crippen LogP contribution in [0.15, 0.2) is 12.3 Å². The van der Waals surface area contributed by atoms with Crippen LogP contribution >= 0.6 is 0 Å². The van der Waals surface area contributed by atoms with Crippen molar-refractivity contribution in [3.8, 4) is 0 Å². The number of methoxy groups -OCH3 is 1. The molecule has 1 aliphatic heterocycles. The minimum Gasteiger partial charge on any atom is -0.431 e. The Morgan fingerprint density at radius 3 is 2.75 bits per heavy atom. The summed E-state index contributed by atoms with van der Waals surface area (Å²) in [5.74, 6) is -0.598. The van der Waals surface area contributed by atoms with E-state index in [9.17, 15) is 4.79 Å². The van der Waals surface area contributed by atoms with E-state index in [1.807, 2.05) is 0 Å². The zero-order valence-corrected chi connectivity index (χ0v) is 9.88. The minimum atomic E-state index is -0.764. The average molecular weight is 226 g/mol. The number of fused-ring (bicyclic) bond motifs is 1. The Balaban J connectivity index is 2.28. The molecule has 1 saturated carbocycles. The molecule has 0 N–H and O–H groups in total. The molecule has 4 heteroatoms. The van der Waals surface area contributed by atoms with Crippen molar-refractivity contribution < 1.29 is 19.0 Å². The summed E-state index contributed by atoms with van der Waals surface area (Å²) in [6, 6.07) is 0. The monoisotopic (exact) mass is 226 g/mol. The van der Waals surface area contributed by atoms with Crippen molar-refractivity contribution in [1.29, 1.82) is 0 Å². The average Bonchev–Trinajstić information content (AvgIpc) is 2.71. The smallest absolute Gasteiger partial charge is 0.322 e. The number of carbonyl (C=O) groups excluding carboxylic acids is 1. The van der Waals surface area contributed by atoms with Gasteiger partial charge < -0.3 is 14.2 Å². The summed E-state index contributed by atoms with van der Waals surface area (Å²) in [6.07, 6.45) is 3.13. The summed E-state index contributed by atoms with van der Waals surface area (Å²) < 4.78 is 16.3. The topological polar surface area (TPSA) is 44.8 Å². The van der Waals surface area contributed by atoms with Crippen LogP contribution in [0.1, 0.15) is 32.6 Å². The van der Waals surface area contributed by atoms with E-state index in [2.05, 4.69) is 6.58 Å². The molecule has 4 nitrogen and oxygen atoms in total. The van der Waals surface area contributed by atoms with Gasteiger partial charge in [0.1, 0.15) is 5.41 Å². The first-order chi connectivity index (χ1) is 7.56. The Bertz CT molecular complexity index is 311. The number of ether oxygens (including phenoxy) is 3. The lowest BCUT2D eigenvalue weighted by atomic mass is 9.80. The summed E-state index contributed by atoms with van der Waals surface area (Å²) >= 11 is 0. The second-order valence-electron chi connectivity index (χ2n) is 4.58. The maximum atomic E-state index is 12.2. The van der Waals surface area contributed by atoms with Gasteiger partial charge in [-0.3, -0.25) is 4.79 Å². The maximum absolute atomic E-state index is 12.2. The second-order valence-corrected chi connectivity index (χ2v) is 4.58. The van der Waals surface area contributed by atoms with Crippen LogP contribution in [0.5, 0.6) is 0 Å². The number of allylic oxidation sites excluding steroid dienone is 1. The predicted octanol–water partition coefficient (Wildman–Crippen LogP) is 2.00. The molecule has 0 aromatic rings. The largest absolute Gasteiger partial charge is 0.431 e. The number of esters is 1. The van der Waals surface area contributed by atoms with Crippen molar-refractivity contribution in [2.75, 3.05) is 13.7 Å². The Morgan fingerprint density at radius 2 is 2.12 bits per heavy atom. The van der Waals surface area contributed by atoms with Gasteiger partial charge >= 0.3 is 5.97 Å². The highest BCUT2D eigenvalue weighted by molar-refractivity contribution is 5.80. The molecule has 2 atom stereocenters. The minimum absolute atomic E-state index is 0.253. The first kappa shape index (κ1) is 11.6. The predicted molar refractivity (Wildman–Crippen MR) is 57.5 cm³/mol. The molecule has 90 valence electrons. The molecule has 0 aromatic carbocycles. The fourth-order valence-corrected chi connectivity index (χ4v) is 2.94. The van der Waals surface area contributed by atoms with Gasteiger partial charge in [0, 0.05) is 13.5 Å². The van der Waals surface area contributed by atoms with Crippen LogP contribution in [-0.2, 0) is 19.0 Å². The van der Waals surface area contributed by atoms with Crippen molar-refractivity contribution in [1.82, 2.24) is 0 Å². The van der Waals surface area contributed by atoms with E-state index in [4.69, 9.17) is 14.2 Å². The fraction of sp³-hybridized carbons (Fsp3) is 0.750. The molecule has 2 unspecified atom stereocenters. The third kappa shape index (κ3) is 1.40. The second kappa shape index (κ2) is 3.86. The maximum Gasteiger partial charge on any atom is 0.322 e. The molecule has 0 aromatic heterocycles. The summed E-state index contributed by atoms with van der Waals surface area (Å²) in [5, 5.41) is 0. The molecule has 0 radical (unpaired) electrons. The van der Waals surface area contributed by atoms with Gasteiger partial charge in [-0.15, -0.1) is 0 Å². The molecule has 1 aliphatic carbocycles. The number of rotatable bonds is 3. The highest BCUT2D eigenvalue weighted by Gasteiger charge is 2.65. The van der Waals surface area contributed by atoms with E-state index in [1.165, 1.54) is 0 Å². The van der Waals surface area contributed by atoms with Crippen LogP contribution in [-0.4, -0.2) is 25.5 Å². The third-order valence-electron chi connectivity index (χ3n) is 3.69. The van der Waals surface area contributed by atoms with Crippen LogP contribution in [0, 0.1) is 5.41 Å². The van der Waals surface area contributed by atoms with Crippen molar-refractivity contribution in [2.45, 2.75) is 38.4 Å². The Morgan fingerprint density at radius 1 is 1.38 bits per heavy atom. The highest BCUT2D eigenvalue weighted by Crippen LogP contribution is 2.56. The van der Waals surface area contributed by atoms with Crippen LogP contribution in [0.25, 0.3) is 0 Å². The zero-order valence-electron chi connectivity index (χ0n) is 9.88. The number of hydrogen-bond donors (Lipinski definition) is 0. The molecule has 0 spiro atoms. The van der Waals surface area contributed by atoms with Crippen molar-refractivity contribution in [3.63, 3.8) is 0 Å². The molecule has 1 heterocycles. The van der Waals surface area contributed by atoms with Crippen molar-refractivity contribution >= 4 is 5.97 Å². The molecule has 2 fully saturated rings. The molecule has 2 rings (SSSR count). The lowest BCUT2D eigenvalue weighted by Gasteiger charge is -2.35. The van der Waals surface area contributed by atoms with Crippen LogP contribution in [0.3, 0.4) is 0 Å².